The van der Waals surface area contributed by atoms with Crippen molar-refractivity contribution >= 4 is 0 Å². The standard InChI is InChI=1S/C14H23NO/c1-4-11-6-7-12(5-2)13(10-11)14(15-3)8-9-16/h6-7,10,14-16H,4-5,8-9H2,1-3H3. The molecular formula is C14H23NO. The van der Waals surface area contributed by atoms with Crippen LogP contribution in [0.25, 0.3) is 0 Å². The van der Waals surface area contributed by atoms with Gasteiger partial charge in [0.15, 0.2) is 0 Å². The Kier molecular flexibility index (Phi) is 5.50. The van der Waals surface area contributed by atoms with Crippen molar-refractivity contribution in [3.05, 3.63) is 34.9 Å². The molecule has 90 valence electrons. The Morgan fingerprint density at radius 3 is 2.50 bits per heavy atom. The third-order valence-corrected chi connectivity index (χ3v) is 3.14. The van der Waals surface area contributed by atoms with E-state index in [-0.39, 0.29) is 12.6 Å². The fourth-order valence-electron chi connectivity index (χ4n) is 2.10. The summed E-state index contributed by atoms with van der Waals surface area (Å²) in [7, 11) is 1.96. The zero-order valence-corrected chi connectivity index (χ0v) is 10.6. The lowest BCUT2D eigenvalue weighted by Crippen LogP contribution is -2.19. The van der Waals surface area contributed by atoms with Crippen molar-refractivity contribution in [2.75, 3.05) is 13.7 Å². The van der Waals surface area contributed by atoms with Crippen LogP contribution in [-0.2, 0) is 12.8 Å². The normalized spacial score (nSPS) is 12.8. The van der Waals surface area contributed by atoms with Crippen molar-refractivity contribution in [3.8, 4) is 0 Å². The number of hydrogen-bond donors (Lipinski definition) is 2. The summed E-state index contributed by atoms with van der Waals surface area (Å²) < 4.78 is 0. The maximum Gasteiger partial charge on any atom is 0.0449 e. The minimum absolute atomic E-state index is 0.227. The molecule has 0 amide bonds. The summed E-state index contributed by atoms with van der Waals surface area (Å²) >= 11 is 0. The van der Waals surface area contributed by atoms with Crippen molar-refractivity contribution in [3.63, 3.8) is 0 Å². The van der Waals surface area contributed by atoms with Gasteiger partial charge >= 0.3 is 0 Å². The van der Waals surface area contributed by atoms with Gasteiger partial charge in [0.05, 0.1) is 0 Å². The Balaban J connectivity index is 3.05. The maximum absolute atomic E-state index is 9.08. The number of aliphatic hydroxyl groups excluding tert-OH is 1. The minimum Gasteiger partial charge on any atom is -0.396 e. The van der Waals surface area contributed by atoms with Crippen LogP contribution in [0.15, 0.2) is 18.2 Å². The number of aliphatic hydroxyl groups is 1. The Labute approximate surface area is 98.7 Å². The van der Waals surface area contributed by atoms with E-state index < -0.39 is 0 Å². The number of rotatable bonds is 6. The monoisotopic (exact) mass is 221 g/mol. The van der Waals surface area contributed by atoms with Crippen molar-refractivity contribution in [1.82, 2.24) is 5.32 Å². The molecule has 0 bridgehead atoms. The van der Waals surface area contributed by atoms with Gasteiger partial charge in [-0.15, -0.1) is 0 Å². The van der Waals surface area contributed by atoms with E-state index in [1.165, 1.54) is 16.7 Å². The minimum atomic E-state index is 0.227. The molecule has 0 aromatic heterocycles. The molecule has 0 radical (unpaired) electrons. The summed E-state index contributed by atoms with van der Waals surface area (Å²) in [6, 6.07) is 6.96. The SMILES string of the molecule is CCc1ccc(CC)c(C(CCO)NC)c1. The number of nitrogens with one attached hydrogen (secondary N) is 1. The molecule has 2 heteroatoms. The lowest BCUT2D eigenvalue weighted by atomic mass is 9.94. The van der Waals surface area contributed by atoms with Crippen LogP contribution in [0.3, 0.4) is 0 Å². The maximum atomic E-state index is 9.08. The number of benzene rings is 1. The molecule has 0 aliphatic rings. The predicted octanol–water partition coefficient (Wildman–Crippen LogP) is 2.45. The van der Waals surface area contributed by atoms with E-state index >= 15 is 0 Å². The Hall–Kier alpha value is -0.860. The van der Waals surface area contributed by atoms with Gasteiger partial charge in [-0.1, -0.05) is 32.0 Å². The molecule has 16 heavy (non-hydrogen) atoms. The molecule has 1 rings (SSSR count). The van der Waals surface area contributed by atoms with E-state index in [4.69, 9.17) is 5.11 Å². The van der Waals surface area contributed by atoms with Crippen LogP contribution >= 0.6 is 0 Å². The van der Waals surface area contributed by atoms with Gasteiger partial charge in [0.25, 0.3) is 0 Å². The van der Waals surface area contributed by atoms with Crippen LogP contribution in [-0.4, -0.2) is 18.8 Å². The fourth-order valence-corrected chi connectivity index (χ4v) is 2.10. The van der Waals surface area contributed by atoms with Crippen molar-refractivity contribution < 1.29 is 5.11 Å². The van der Waals surface area contributed by atoms with Gasteiger partial charge in [-0.3, -0.25) is 0 Å². The smallest absolute Gasteiger partial charge is 0.0449 e. The van der Waals surface area contributed by atoms with Crippen LogP contribution in [0, 0.1) is 0 Å². The zero-order valence-electron chi connectivity index (χ0n) is 10.6. The summed E-state index contributed by atoms with van der Waals surface area (Å²) in [5, 5.41) is 12.4. The van der Waals surface area contributed by atoms with E-state index in [9.17, 15) is 0 Å². The molecule has 1 aromatic carbocycles. The Morgan fingerprint density at radius 2 is 2.00 bits per heavy atom. The van der Waals surface area contributed by atoms with Crippen LogP contribution in [0.5, 0.6) is 0 Å². The second-order valence-electron chi connectivity index (χ2n) is 4.09. The highest BCUT2D eigenvalue weighted by molar-refractivity contribution is 5.34. The molecule has 2 nitrogen and oxygen atoms in total. The van der Waals surface area contributed by atoms with Gasteiger partial charge < -0.3 is 10.4 Å². The van der Waals surface area contributed by atoms with Gasteiger partial charge in [-0.2, -0.15) is 0 Å². The molecular weight excluding hydrogens is 198 g/mol. The Bertz CT molecular complexity index is 323. The first-order chi connectivity index (χ1) is 7.76. The fraction of sp³-hybridized carbons (Fsp3) is 0.571. The first-order valence-electron chi connectivity index (χ1n) is 6.16. The highest BCUT2D eigenvalue weighted by atomic mass is 16.3. The molecule has 1 unspecified atom stereocenters. The molecule has 0 aliphatic carbocycles. The Morgan fingerprint density at radius 1 is 1.25 bits per heavy atom. The molecule has 2 N–H and O–H groups in total. The number of hydrogen-bond acceptors (Lipinski definition) is 2. The van der Waals surface area contributed by atoms with E-state index in [2.05, 4.69) is 37.4 Å². The molecule has 0 fully saturated rings. The first-order valence-corrected chi connectivity index (χ1v) is 6.16. The van der Waals surface area contributed by atoms with Crippen molar-refractivity contribution in [1.29, 1.82) is 0 Å². The summed E-state index contributed by atoms with van der Waals surface area (Å²) in [4.78, 5) is 0. The second-order valence-corrected chi connectivity index (χ2v) is 4.09. The lowest BCUT2D eigenvalue weighted by molar-refractivity contribution is 0.268. The van der Waals surface area contributed by atoms with E-state index in [0.29, 0.717) is 0 Å². The average Bonchev–Trinajstić information content (AvgIpc) is 2.35. The molecule has 0 saturated heterocycles. The van der Waals surface area contributed by atoms with Crippen molar-refractivity contribution in [2.24, 2.45) is 0 Å². The van der Waals surface area contributed by atoms with E-state index in [0.717, 1.165) is 19.3 Å². The van der Waals surface area contributed by atoms with Crippen molar-refractivity contribution in [2.45, 2.75) is 39.2 Å². The van der Waals surface area contributed by atoms with Crippen LogP contribution < -0.4 is 5.32 Å². The lowest BCUT2D eigenvalue weighted by Gasteiger charge is -2.19. The van der Waals surface area contributed by atoms with Crippen LogP contribution in [0.4, 0.5) is 0 Å². The van der Waals surface area contributed by atoms with Gasteiger partial charge in [-0.25, -0.2) is 0 Å². The molecule has 0 spiro atoms. The van der Waals surface area contributed by atoms with E-state index in [1.54, 1.807) is 0 Å². The third kappa shape index (κ3) is 3.06. The van der Waals surface area contributed by atoms with Gasteiger partial charge in [0, 0.05) is 12.6 Å². The molecule has 0 heterocycles. The number of aryl methyl sites for hydroxylation is 2. The van der Waals surface area contributed by atoms with Gasteiger partial charge in [0.2, 0.25) is 0 Å². The zero-order chi connectivity index (χ0) is 12.0. The molecule has 0 saturated carbocycles. The first kappa shape index (κ1) is 13.2. The predicted molar refractivity (Wildman–Crippen MR) is 68.7 cm³/mol. The highest BCUT2D eigenvalue weighted by Crippen LogP contribution is 2.23. The van der Waals surface area contributed by atoms with Gasteiger partial charge in [-0.05, 0) is 43.0 Å². The summed E-state index contributed by atoms with van der Waals surface area (Å²) in [6.45, 7) is 4.58. The molecule has 1 aromatic rings. The summed E-state index contributed by atoms with van der Waals surface area (Å²) in [5.41, 5.74) is 4.09. The largest absolute Gasteiger partial charge is 0.396 e. The quantitative estimate of drug-likeness (QED) is 0.773. The summed E-state index contributed by atoms with van der Waals surface area (Å²) in [5.74, 6) is 0. The van der Waals surface area contributed by atoms with Crippen LogP contribution in [0.2, 0.25) is 0 Å². The molecule has 1 atom stereocenters. The van der Waals surface area contributed by atoms with Gasteiger partial charge in [0.1, 0.15) is 0 Å². The molecule has 0 aliphatic heterocycles. The van der Waals surface area contributed by atoms with Crippen LogP contribution in [0.1, 0.15) is 43.0 Å². The van der Waals surface area contributed by atoms with E-state index in [1.807, 2.05) is 7.05 Å². The second kappa shape index (κ2) is 6.66. The average molecular weight is 221 g/mol. The topological polar surface area (TPSA) is 32.3 Å². The third-order valence-electron chi connectivity index (χ3n) is 3.14. The summed E-state index contributed by atoms with van der Waals surface area (Å²) in [6.07, 6.45) is 2.88. The highest BCUT2D eigenvalue weighted by Gasteiger charge is 2.12.